The van der Waals surface area contributed by atoms with Crippen molar-refractivity contribution in [3.05, 3.63) is 38.9 Å². The second kappa shape index (κ2) is 4.58. The van der Waals surface area contributed by atoms with E-state index in [1.807, 2.05) is 0 Å². The average molecular weight is 257 g/mol. The van der Waals surface area contributed by atoms with E-state index >= 15 is 0 Å². The van der Waals surface area contributed by atoms with Gasteiger partial charge in [-0.15, -0.1) is 0 Å². The number of halogens is 1. The third-order valence-corrected chi connectivity index (χ3v) is 2.84. The quantitative estimate of drug-likeness (QED) is 0.651. The molecule has 0 spiro atoms. The molecule has 90 valence electrons. The summed E-state index contributed by atoms with van der Waals surface area (Å²) in [6, 6.07) is 3.81. The van der Waals surface area contributed by atoms with Gasteiger partial charge in [0.25, 0.3) is 5.69 Å². The lowest BCUT2D eigenvalue weighted by Crippen LogP contribution is -2.35. The van der Waals surface area contributed by atoms with Crippen molar-refractivity contribution in [1.82, 2.24) is 5.32 Å². The number of amides is 1. The molecule has 1 aromatic rings. The van der Waals surface area contributed by atoms with Crippen molar-refractivity contribution in [2.75, 3.05) is 6.61 Å². The van der Waals surface area contributed by atoms with E-state index in [-0.39, 0.29) is 18.3 Å². The van der Waals surface area contributed by atoms with Crippen LogP contribution in [0.25, 0.3) is 0 Å². The third-order valence-electron chi connectivity index (χ3n) is 2.50. The molecular weight excluding hydrogens is 248 g/mol. The number of ether oxygens (including phenoxy) is 1. The van der Waals surface area contributed by atoms with Crippen LogP contribution in [0.5, 0.6) is 0 Å². The van der Waals surface area contributed by atoms with Gasteiger partial charge in [0, 0.05) is 29.1 Å². The van der Waals surface area contributed by atoms with Crippen LogP contribution in [0.1, 0.15) is 18.0 Å². The molecule has 1 aliphatic heterocycles. The molecule has 0 radical (unpaired) electrons. The summed E-state index contributed by atoms with van der Waals surface area (Å²) in [6.45, 7) is 0.273. The van der Waals surface area contributed by atoms with Gasteiger partial charge in [-0.2, -0.15) is 0 Å². The predicted octanol–water partition coefficient (Wildman–Crippen LogP) is 2.42. The standard InChI is InChI=1S/C10H9ClN2O4/c11-8-2-1-6(13(15)16)5-7(8)9-3-4-17-10(14)12-9/h1-2,5,9H,3-4H2,(H,12,14)/t9-/m1/s1. The Bertz CT molecular complexity index is 477. The molecule has 0 bridgehead atoms. The Morgan fingerprint density at radius 3 is 2.94 bits per heavy atom. The summed E-state index contributed by atoms with van der Waals surface area (Å²) in [5.74, 6) is 0. The largest absolute Gasteiger partial charge is 0.449 e. The number of nitro benzene ring substituents is 1. The second-order valence-electron chi connectivity index (χ2n) is 3.58. The van der Waals surface area contributed by atoms with Crippen molar-refractivity contribution < 1.29 is 14.5 Å². The number of carbonyl (C=O) groups is 1. The molecule has 0 aromatic heterocycles. The average Bonchev–Trinajstić information content (AvgIpc) is 2.29. The highest BCUT2D eigenvalue weighted by molar-refractivity contribution is 6.31. The van der Waals surface area contributed by atoms with E-state index in [2.05, 4.69) is 5.32 Å². The maximum Gasteiger partial charge on any atom is 0.407 e. The Labute approximate surface area is 102 Å². The molecule has 0 saturated carbocycles. The number of nitrogens with one attached hydrogen (secondary N) is 1. The van der Waals surface area contributed by atoms with E-state index in [9.17, 15) is 14.9 Å². The fraction of sp³-hybridized carbons (Fsp3) is 0.300. The van der Waals surface area contributed by atoms with E-state index in [1.54, 1.807) is 0 Å². The Hall–Kier alpha value is -1.82. The van der Waals surface area contributed by atoms with E-state index in [1.165, 1.54) is 18.2 Å². The minimum atomic E-state index is -0.538. The van der Waals surface area contributed by atoms with Crippen LogP contribution in [0.2, 0.25) is 5.02 Å². The minimum Gasteiger partial charge on any atom is -0.449 e. The zero-order chi connectivity index (χ0) is 12.4. The first-order valence-electron chi connectivity index (χ1n) is 4.95. The van der Waals surface area contributed by atoms with Gasteiger partial charge in [0.05, 0.1) is 17.6 Å². The van der Waals surface area contributed by atoms with Crippen LogP contribution in [-0.2, 0) is 4.74 Å². The molecule has 0 unspecified atom stereocenters. The summed E-state index contributed by atoms with van der Waals surface area (Å²) in [5, 5.41) is 13.6. The molecular formula is C10H9ClN2O4. The Morgan fingerprint density at radius 1 is 1.53 bits per heavy atom. The van der Waals surface area contributed by atoms with Gasteiger partial charge in [-0.1, -0.05) is 11.6 Å². The van der Waals surface area contributed by atoms with Crippen molar-refractivity contribution in [1.29, 1.82) is 0 Å². The topological polar surface area (TPSA) is 81.5 Å². The maximum absolute atomic E-state index is 11.1. The normalized spacial score (nSPS) is 19.4. The van der Waals surface area contributed by atoms with Gasteiger partial charge < -0.3 is 10.1 Å². The van der Waals surface area contributed by atoms with E-state index in [0.717, 1.165) is 0 Å². The highest BCUT2D eigenvalue weighted by Crippen LogP contribution is 2.30. The molecule has 1 fully saturated rings. The number of hydrogen-bond donors (Lipinski definition) is 1. The zero-order valence-corrected chi connectivity index (χ0v) is 9.44. The first kappa shape index (κ1) is 11.7. The first-order chi connectivity index (χ1) is 8.08. The number of rotatable bonds is 2. The summed E-state index contributed by atoms with van der Waals surface area (Å²) >= 11 is 5.97. The van der Waals surface area contributed by atoms with Gasteiger partial charge in [0.1, 0.15) is 0 Å². The smallest absolute Gasteiger partial charge is 0.407 e. The number of cyclic esters (lactones) is 1. The SMILES string of the molecule is O=C1N[C@@H](c2cc([N+](=O)[O-])ccc2Cl)CCO1. The van der Waals surface area contributed by atoms with Crippen LogP contribution in [0.4, 0.5) is 10.5 Å². The number of non-ortho nitro benzene ring substituents is 1. The van der Waals surface area contributed by atoms with Crippen LogP contribution < -0.4 is 5.32 Å². The van der Waals surface area contributed by atoms with Crippen molar-refractivity contribution in [3.63, 3.8) is 0 Å². The molecule has 1 heterocycles. The van der Waals surface area contributed by atoms with Gasteiger partial charge in [0.15, 0.2) is 0 Å². The molecule has 7 heteroatoms. The van der Waals surface area contributed by atoms with Crippen molar-refractivity contribution in [2.45, 2.75) is 12.5 Å². The third kappa shape index (κ3) is 2.47. The molecule has 6 nitrogen and oxygen atoms in total. The summed E-state index contributed by atoms with van der Waals surface area (Å²) in [4.78, 5) is 21.2. The minimum absolute atomic E-state index is 0.0508. The highest BCUT2D eigenvalue weighted by Gasteiger charge is 2.24. The number of nitrogens with zero attached hydrogens (tertiary/aromatic N) is 1. The predicted molar refractivity (Wildman–Crippen MR) is 59.9 cm³/mol. The van der Waals surface area contributed by atoms with Crippen LogP contribution in [0, 0.1) is 10.1 Å². The van der Waals surface area contributed by atoms with Crippen molar-refractivity contribution in [3.8, 4) is 0 Å². The molecule has 1 aliphatic rings. The Balaban J connectivity index is 2.33. The molecule has 1 aromatic carbocycles. The van der Waals surface area contributed by atoms with Crippen molar-refractivity contribution >= 4 is 23.4 Å². The Kier molecular flexibility index (Phi) is 3.14. The number of nitro groups is 1. The maximum atomic E-state index is 11.1. The summed E-state index contributed by atoms with van der Waals surface area (Å²) in [7, 11) is 0. The van der Waals surface area contributed by atoms with Crippen LogP contribution >= 0.6 is 11.6 Å². The molecule has 1 saturated heterocycles. The first-order valence-corrected chi connectivity index (χ1v) is 5.33. The Morgan fingerprint density at radius 2 is 2.29 bits per heavy atom. The summed E-state index contributed by atoms with van der Waals surface area (Å²) in [5.41, 5.74) is 0.489. The lowest BCUT2D eigenvalue weighted by Gasteiger charge is -2.24. The van der Waals surface area contributed by atoms with Gasteiger partial charge in [-0.25, -0.2) is 4.79 Å². The van der Waals surface area contributed by atoms with Gasteiger partial charge in [0.2, 0.25) is 0 Å². The van der Waals surface area contributed by atoms with Crippen LogP contribution in [0.15, 0.2) is 18.2 Å². The van der Waals surface area contributed by atoms with Crippen LogP contribution in [-0.4, -0.2) is 17.6 Å². The molecule has 0 aliphatic carbocycles. The van der Waals surface area contributed by atoms with Gasteiger partial charge in [-0.05, 0) is 6.07 Å². The second-order valence-corrected chi connectivity index (χ2v) is 3.99. The van der Waals surface area contributed by atoms with E-state index < -0.39 is 11.0 Å². The molecule has 1 atom stereocenters. The highest BCUT2D eigenvalue weighted by atomic mass is 35.5. The fourth-order valence-corrected chi connectivity index (χ4v) is 1.92. The molecule has 1 N–H and O–H groups in total. The summed E-state index contributed by atoms with van der Waals surface area (Å²) < 4.78 is 4.72. The zero-order valence-electron chi connectivity index (χ0n) is 8.68. The van der Waals surface area contributed by atoms with Crippen LogP contribution in [0.3, 0.4) is 0 Å². The number of benzene rings is 1. The molecule has 1 amide bonds. The molecule has 17 heavy (non-hydrogen) atoms. The van der Waals surface area contributed by atoms with E-state index in [0.29, 0.717) is 17.0 Å². The lowest BCUT2D eigenvalue weighted by molar-refractivity contribution is -0.384. The monoisotopic (exact) mass is 256 g/mol. The fourth-order valence-electron chi connectivity index (χ4n) is 1.67. The van der Waals surface area contributed by atoms with E-state index in [4.69, 9.17) is 16.3 Å². The number of alkyl carbamates (subject to hydrolysis) is 1. The van der Waals surface area contributed by atoms with Gasteiger partial charge in [-0.3, -0.25) is 10.1 Å². The van der Waals surface area contributed by atoms with Gasteiger partial charge >= 0.3 is 6.09 Å². The number of carbonyl (C=O) groups excluding carboxylic acids is 1. The lowest BCUT2D eigenvalue weighted by atomic mass is 10.0. The van der Waals surface area contributed by atoms with Crippen molar-refractivity contribution in [2.24, 2.45) is 0 Å². The summed E-state index contributed by atoms with van der Waals surface area (Å²) in [6.07, 6.45) is -0.00377. The molecule has 2 rings (SSSR count). The number of hydrogen-bond acceptors (Lipinski definition) is 4.